The number of carbonyl (C=O) groups excluding carboxylic acids is 1. The molecule has 0 aromatic rings. The van der Waals surface area contributed by atoms with E-state index in [1.807, 2.05) is 11.9 Å². The van der Waals surface area contributed by atoms with Gasteiger partial charge in [-0.3, -0.25) is 4.79 Å². The molecule has 1 aliphatic carbocycles. The van der Waals surface area contributed by atoms with E-state index < -0.39 is 0 Å². The molecule has 2 N–H and O–H groups in total. The number of rotatable bonds is 6. The van der Waals surface area contributed by atoms with Crippen molar-refractivity contribution in [1.29, 1.82) is 0 Å². The molecule has 4 nitrogen and oxygen atoms in total. The Morgan fingerprint density at radius 3 is 2.10 bits per heavy atom. The average Bonchev–Trinajstić information content (AvgIpc) is 2.27. The van der Waals surface area contributed by atoms with Crippen LogP contribution in [0.5, 0.6) is 0 Å². The lowest BCUT2D eigenvalue weighted by molar-refractivity contribution is -0.137. The molecule has 1 aliphatic rings. The van der Waals surface area contributed by atoms with Crippen molar-refractivity contribution in [2.75, 3.05) is 34.2 Å². The van der Waals surface area contributed by atoms with Crippen molar-refractivity contribution in [1.82, 2.24) is 9.80 Å². The Bertz CT molecular complexity index is 329. The first-order chi connectivity index (χ1) is 9.11. The molecule has 118 valence electrons. The standard InChI is InChI=1S/C16H33N3O/c1-15(2,3)10-13(11-17)14(20)19(6)12-16(18(4)5)8-7-9-16/h13H,7-12,17H2,1-6H3. The van der Waals surface area contributed by atoms with Gasteiger partial charge in [0.1, 0.15) is 0 Å². The lowest BCUT2D eigenvalue weighted by Gasteiger charge is -2.49. The average molecular weight is 283 g/mol. The highest BCUT2D eigenvalue weighted by Crippen LogP contribution is 2.37. The first kappa shape index (κ1) is 17.4. The molecule has 1 atom stereocenters. The predicted octanol–water partition coefficient (Wildman–Crippen LogP) is 1.94. The maximum atomic E-state index is 12.6. The summed E-state index contributed by atoms with van der Waals surface area (Å²) in [7, 11) is 6.16. The second kappa shape index (κ2) is 6.44. The van der Waals surface area contributed by atoms with Gasteiger partial charge in [-0.1, -0.05) is 20.8 Å². The van der Waals surface area contributed by atoms with Gasteiger partial charge in [-0.25, -0.2) is 0 Å². The van der Waals surface area contributed by atoms with Crippen molar-refractivity contribution in [3.8, 4) is 0 Å². The molecule has 0 saturated heterocycles. The first-order valence-electron chi connectivity index (χ1n) is 7.74. The minimum Gasteiger partial charge on any atom is -0.344 e. The molecular weight excluding hydrogens is 250 g/mol. The molecule has 0 aromatic carbocycles. The number of likely N-dealkylation sites (N-methyl/N-ethyl adjacent to an activating group) is 2. The Hall–Kier alpha value is -0.610. The predicted molar refractivity (Wildman–Crippen MR) is 84.5 cm³/mol. The van der Waals surface area contributed by atoms with Gasteiger partial charge in [0.2, 0.25) is 5.91 Å². The summed E-state index contributed by atoms with van der Waals surface area (Å²) in [5.41, 5.74) is 6.15. The number of hydrogen-bond acceptors (Lipinski definition) is 3. The molecule has 0 bridgehead atoms. The summed E-state index contributed by atoms with van der Waals surface area (Å²) < 4.78 is 0. The van der Waals surface area contributed by atoms with Gasteiger partial charge < -0.3 is 15.5 Å². The molecule has 1 fully saturated rings. The Balaban J connectivity index is 2.65. The molecule has 4 heteroatoms. The third kappa shape index (κ3) is 4.19. The Kier molecular flexibility index (Phi) is 5.61. The van der Waals surface area contributed by atoms with Gasteiger partial charge in [-0.2, -0.15) is 0 Å². The van der Waals surface area contributed by atoms with Crippen LogP contribution < -0.4 is 5.73 Å². The van der Waals surface area contributed by atoms with Gasteiger partial charge in [0.25, 0.3) is 0 Å². The minimum atomic E-state index is -0.0562. The summed E-state index contributed by atoms with van der Waals surface area (Å²) in [6.07, 6.45) is 4.48. The molecular formula is C16H33N3O. The number of carbonyl (C=O) groups is 1. The van der Waals surface area contributed by atoms with E-state index in [0.29, 0.717) is 6.54 Å². The molecule has 1 rings (SSSR count). The van der Waals surface area contributed by atoms with E-state index in [4.69, 9.17) is 5.73 Å². The monoisotopic (exact) mass is 283 g/mol. The van der Waals surface area contributed by atoms with Crippen LogP contribution in [-0.2, 0) is 4.79 Å². The summed E-state index contributed by atoms with van der Waals surface area (Å²) in [5.74, 6) is 0.148. The highest BCUT2D eigenvalue weighted by Gasteiger charge is 2.41. The van der Waals surface area contributed by atoms with Crippen LogP contribution in [0, 0.1) is 11.3 Å². The maximum absolute atomic E-state index is 12.6. The van der Waals surface area contributed by atoms with Crippen molar-refractivity contribution >= 4 is 5.91 Å². The van der Waals surface area contributed by atoms with Gasteiger partial charge in [-0.05, 0) is 45.2 Å². The number of amides is 1. The van der Waals surface area contributed by atoms with E-state index in [2.05, 4.69) is 39.8 Å². The summed E-state index contributed by atoms with van der Waals surface area (Å²) in [6, 6.07) is 0. The summed E-state index contributed by atoms with van der Waals surface area (Å²) in [6.45, 7) is 7.75. The van der Waals surface area contributed by atoms with Gasteiger partial charge in [0.05, 0.1) is 5.92 Å². The fourth-order valence-electron chi connectivity index (χ4n) is 3.17. The van der Waals surface area contributed by atoms with Crippen molar-refractivity contribution < 1.29 is 4.79 Å². The lowest BCUT2D eigenvalue weighted by atomic mass is 9.75. The van der Waals surface area contributed by atoms with Gasteiger partial charge in [-0.15, -0.1) is 0 Å². The van der Waals surface area contributed by atoms with Crippen LogP contribution in [0.4, 0.5) is 0 Å². The molecule has 0 spiro atoms. The Labute approximate surface area is 124 Å². The van der Waals surface area contributed by atoms with Crippen LogP contribution in [0.2, 0.25) is 0 Å². The number of hydrogen-bond donors (Lipinski definition) is 1. The van der Waals surface area contributed by atoms with E-state index >= 15 is 0 Å². The molecule has 0 heterocycles. The van der Waals surface area contributed by atoms with Crippen molar-refractivity contribution in [2.24, 2.45) is 17.1 Å². The molecule has 1 unspecified atom stereocenters. The molecule has 0 aliphatic heterocycles. The summed E-state index contributed by atoms with van der Waals surface area (Å²) >= 11 is 0. The van der Waals surface area contributed by atoms with Gasteiger partial charge in [0, 0.05) is 25.7 Å². The zero-order valence-electron chi connectivity index (χ0n) is 14.2. The van der Waals surface area contributed by atoms with Crippen molar-refractivity contribution in [3.05, 3.63) is 0 Å². The minimum absolute atomic E-state index is 0.0562. The zero-order chi connectivity index (χ0) is 15.6. The van der Waals surface area contributed by atoms with E-state index in [1.54, 1.807) is 0 Å². The van der Waals surface area contributed by atoms with Crippen molar-refractivity contribution in [3.63, 3.8) is 0 Å². The summed E-state index contributed by atoms with van der Waals surface area (Å²) in [5, 5.41) is 0. The third-order valence-corrected chi connectivity index (χ3v) is 4.63. The van der Waals surface area contributed by atoms with E-state index in [-0.39, 0.29) is 22.8 Å². The molecule has 0 aromatic heterocycles. The van der Waals surface area contributed by atoms with Crippen LogP contribution in [0.25, 0.3) is 0 Å². The highest BCUT2D eigenvalue weighted by molar-refractivity contribution is 5.79. The second-order valence-corrected chi connectivity index (χ2v) is 7.86. The fraction of sp³-hybridized carbons (Fsp3) is 0.938. The highest BCUT2D eigenvalue weighted by atomic mass is 16.2. The second-order valence-electron chi connectivity index (χ2n) is 7.86. The molecule has 0 radical (unpaired) electrons. The SMILES string of the molecule is CN(CC1(N(C)C)CCC1)C(=O)C(CN)CC(C)(C)C. The third-order valence-electron chi connectivity index (χ3n) is 4.63. The van der Waals surface area contributed by atoms with Crippen molar-refractivity contribution in [2.45, 2.75) is 52.0 Å². The topological polar surface area (TPSA) is 49.6 Å². The number of nitrogens with zero attached hydrogens (tertiary/aromatic N) is 2. The van der Waals surface area contributed by atoms with Crippen LogP contribution >= 0.6 is 0 Å². The summed E-state index contributed by atoms with van der Waals surface area (Å²) in [4.78, 5) is 16.8. The number of nitrogens with two attached hydrogens (primary N) is 1. The molecule has 1 amide bonds. The molecule has 20 heavy (non-hydrogen) atoms. The van der Waals surface area contributed by atoms with E-state index in [1.165, 1.54) is 19.3 Å². The van der Waals surface area contributed by atoms with Crippen LogP contribution in [0.1, 0.15) is 46.5 Å². The van der Waals surface area contributed by atoms with E-state index in [9.17, 15) is 4.79 Å². The normalized spacial score (nSPS) is 19.6. The van der Waals surface area contributed by atoms with Crippen LogP contribution in [-0.4, -0.2) is 55.5 Å². The quantitative estimate of drug-likeness (QED) is 0.810. The fourth-order valence-corrected chi connectivity index (χ4v) is 3.17. The zero-order valence-corrected chi connectivity index (χ0v) is 14.2. The van der Waals surface area contributed by atoms with Crippen LogP contribution in [0.15, 0.2) is 0 Å². The maximum Gasteiger partial charge on any atom is 0.226 e. The first-order valence-corrected chi connectivity index (χ1v) is 7.74. The van der Waals surface area contributed by atoms with E-state index in [0.717, 1.165) is 13.0 Å². The largest absolute Gasteiger partial charge is 0.344 e. The Morgan fingerprint density at radius 1 is 1.25 bits per heavy atom. The van der Waals surface area contributed by atoms with Crippen LogP contribution in [0.3, 0.4) is 0 Å². The Morgan fingerprint density at radius 2 is 1.80 bits per heavy atom. The van der Waals surface area contributed by atoms with Gasteiger partial charge >= 0.3 is 0 Å². The van der Waals surface area contributed by atoms with Gasteiger partial charge in [0.15, 0.2) is 0 Å². The lowest BCUT2D eigenvalue weighted by Crippen LogP contribution is -2.58. The molecule has 1 saturated carbocycles. The smallest absolute Gasteiger partial charge is 0.226 e.